The number of carbonyl (C=O) groups is 1. The normalized spacial score (nSPS) is 18.9. The lowest BCUT2D eigenvalue weighted by atomic mass is 10.0. The lowest BCUT2D eigenvalue weighted by Gasteiger charge is -2.32. The molecule has 5 heteroatoms. The predicted molar refractivity (Wildman–Crippen MR) is 60.7 cm³/mol. The van der Waals surface area contributed by atoms with Gasteiger partial charge in [0.2, 0.25) is 5.91 Å². The van der Waals surface area contributed by atoms with Gasteiger partial charge in [0, 0.05) is 13.1 Å². The van der Waals surface area contributed by atoms with E-state index in [0.29, 0.717) is 26.3 Å². The second kappa shape index (κ2) is 5.25. The van der Waals surface area contributed by atoms with Gasteiger partial charge in [-0.2, -0.15) is 0 Å². The van der Waals surface area contributed by atoms with E-state index >= 15 is 0 Å². The lowest BCUT2D eigenvalue weighted by molar-refractivity contribution is -0.125. The predicted octanol–water partition coefficient (Wildman–Crippen LogP) is 0.684. The molecule has 17 heavy (non-hydrogen) atoms. The Bertz CT molecular complexity index is 388. The number of hydrogen-bond acceptors (Lipinski definition) is 3. The fourth-order valence-electron chi connectivity index (χ4n) is 2.04. The van der Waals surface area contributed by atoms with Crippen LogP contribution in [-0.2, 0) is 9.53 Å². The Morgan fingerprint density at radius 3 is 2.41 bits per heavy atom. The summed E-state index contributed by atoms with van der Waals surface area (Å²) in [5.41, 5.74) is 6.15. The van der Waals surface area contributed by atoms with Crippen LogP contribution in [-0.4, -0.2) is 37.1 Å². The van der Waals surface area contributed by atoms with Crippen molar-refractivity contribution in [3.8, 4) is 0 Å². The third-order valence-electron chi connectivity index (χ3n) is 2.87. The standard InChI is InChI=1S/C12H15FN2O2/c13-10-3-1-9(2-4-10)11(12(14)16)15-5-7-17-8-6-15/h1-4,11H,5-8H2,(H2,14,16). The molecule has 0 spiro atoms. The van der Waals surface area contributed by atoms with Gasteiger partial charge in [-0.05, 0) is 17.7 Å². The average Bonchev–Trinajstić information content (AvgIpc) is 2.33. The van der Waals surface area contributed by atoms with Gasteiger partial charge >= 0.3 is 0 Å². The van der Waals surface area contributed by atoms with Gasteiger partial charge in [-0.25, -0.2) is 4.39 Å². The third kappa shape index (κ3) is 2.81. The van der Waals surface area contributed by atoms with Crippen LogP contribution in [0.5, 0.6) is 0 Å². The summed E-state index contributed by atoms with van der Waals surface area (Å²) in [5, 5.41) is 0. The molecular formula is C12H15FN2O2. The van der Waals surface area contributed by atoms with Gasteiger partial charge in [0.15, 0.2) is 0 Å². The number of ether oxygens (including phenoxy) is 1. The molecule has 1 aliphatic rings. The van der Waals surface area contributed by atoms with Crippen molar-refractivity contribution in [3.63, 3.8) is 0 Å². The van der Waals surface area contributed by atoms with Crippen molar-refractivity contribution in [2.45, 2.75) is 6.04 Å². The number of benzene rings is 1. The highest BCUT2D eigenvalue weighted by Crippen LogP contribution is 2.21. The Hall–Kier alpha value is -1.46. The van der Waals surface area contributed by atoms with Crippen molar-refractivity contribution in [2.24, 2.45) is 5.73 Å². The number of hydrogen-bond donors (Lipinski definition) is 1. The van der Waals surface area contributed by atoms with E-state index in [1.807, 2.05) is 4.90 Å². The minimum Gasteiger partial charge on any atom is -0.379 e. The molecule has 1 heterocycles. The molecule has 92 valence electrons. The average molecular weight is 238 g/mol. The van der Waals surface area contributed by atoms with E-state index in [-0.39, 0.29) is 5.82 Å². The first-order chi connectivity index (χ1) is 8.18. The SMILES string of the molecule is NC(=O)C(c1ccc(F)cc1)N1CCOCC1. The number of halogens is 1. The molecule has 1 atom stereocenters. The lowest BCUT2D eigenvalue weighted by Crippen LogP contribution is -2.44. The molecular weight excluding hydrogens is 223 g/mol. The molecule has 2 N–H and O–H groups in total. The first kappa shape index (κ1) is 12.0. The highest BCUT2D eigenvalue weighted by molar-refractivity contribution is 5.81. The van der Waals surface area contributed by atoms with Crippen molar-refractivity contribution < 1.29 is 13.9 Å². The van der Waals surface area contributed by atoms with Crippen LogP contribution in [0.15, 0.2) is 24.3 Å². The molecule has 0 bridgehead atoms. The molecule has 0 aromatic heterocycles. The summed E-state index contributed by atoms with van der Waals surface area (Å²) in [6, 6.07) is 5.37. The summed E-state index contributed by atoms with van der Waals surface area (Å²) < 4.78 is 18.1. The molecule has 0 radical (unpaired) electrons. The van der Waals surface area contributed by atoms with E-state index in [1.54, 1.807) is 12.1 Å². The Morgan fingerprint density at radius 2 is 1.88 bits per heavy atom. The zero-order chi connectivity index (χ0) is 12.3. The van der Waals surface area contributed by atoms with E-state index in [0.717, 1.165) is 5.56 Å². The second-order valence-corrected chi connectivity index (χ2v) is 4.00. The summed E-state index contributed by atoms with van der Waals surface area (Å²) in [5.74, 6) is -0.738. The fourth-order valence-corrected chi connectivity index (χ4v) is 2.04. The summed E-state index contributed by atoms with van der Waals surface area (Å²) in [7, 11) is 0. The van der Waals surface area contributed by atoms with Crippen LogP contribution in [0.2, 0.25) is 0 Å². The number of nitrogens with zero attached hydrogens (tertiary/aromatic N) is 1. The Balaban J connectivity index is 2.21. The van der Waals surface area contributed by atoms with Gasteiger partial charge in [-0.3, -0.25) is 9.69 Å². The number of rotatable bonds is 3. The zero-order valence-electron chi connectivity index (χ0n) is 9.43. The summed E-state index contributed by atoms with van der Waals surface area (Å²) >= 11 is 0. The smallest absolute Gasteiger partial charge is 0.239 e. The van der Waals surface area contributed by atoms with E-state index in [9.17, 15) is 9.18 Å². The van der Waals surface area contributed by atoms with Gasteiger partial charge in [0.05, 0.1) is 13.2 Å². The fraction of sp³-hybridized carbons (Fsp3) is 0.417. The van der Waals surface area contributed by atoms with E-state index in [1.165, 1.54) is 12.1 Å². The maximum absolute atomic E-state index is 12.8. The minimum absolute atomic E-state index is 0.320. The van der Waals surface area contributed by atoms with Crippen molar-refractivity contribution >= 4 is 5.91 Å². The number of primary amides is 1. The molecule has 1 unspecified atom stereocenters. The molecule has 0 saturated carbocycles. The largest absolute Gasteiger partial charge is 0.379 e. The van der Waals surface area contributed by atoms with Crippen LogP contribution in [0.3, 0.4) is 0 Å². The molecule has 1 aliphatic heterocycles. The summed E-state index contributed by atoms with van der Waals surface area (Å²) in [6.45, 7) is 2.49. The van der Waals surface area contributed by atoms with Crippen LogP contribution in [0, 0.1) is 5.82 Å². The molecule has 1 amide bonds. The van der Waals surface area contributed by atoms with Crippen LogP contribution in [0.1, 0.15) is 11.6 Å². The van der Waals surface area contributed by atoms with Gasteiger partial charge in [-0.15, -0.1) is 0 Å². The van der Waals surface area contributed by atoms with E-state index in [2.05, 4.69) is 0 Å². The van der Waals surface area contributed by atoms with Gasteiger partial charge < -0.3 is 10.5 Å². The molecule has 1 aromatic rings. The number of carbonyl (C=O) groups excluding carboxylic acids is 1. The first-order valence-corrected chi connectivity index (χ1v) is 5.55. The Labute approximate surface area is 99.2 Å². The van der Waals surface area contributed by atoms with Crippen molar-refractivity contribution in [3.05, 3.63) is 35.6 Å². The molecule has 4 nitrogen and oxygen atoms in total. The quantitative estimate of drug-likeness (QED) is 0.842. The van der Waals surface area contributed by atoms with Crippen molar-refractivity contribution in [2.75, 3.05) is 26.3 Å². The molecule has 0 aliphatic carbocycles. The number of amides is 1. The van der Waals surface area contributed by atoms with Crippen LogP contribution < -0.4 is 5.73 Å². The molecule has 1 aromatic carbocycles. The van der Waals surface area contributed by atoms with Gasteiger partial charge in [0.1, 0.15) is 11.9 Å². The second-order valence-electron chi connectivity index (χ2n) is 4.00. The van der Waals surface area contributed by atoms with Gasteiger partial charge in [-0.1, -0.05) is 12.1 Å². The first-order valence-electron chi connectivity index (χ1n) is 5.55. The molecule has 1 saturated heterocycles. The van der Waals surface area contributed by atoms with E-state index < -0.39 is 11.9 Å². The van der Waals surface area contributed by atoms with E-state index in [4.69, 9.17) is 10.5 Å². The molecule has 1 fully saturated rings. The monoisotopic (exact) mass is 238 g/mol. The maximum Gasteiger partial charge on any atom is 0.239 e. The van der Waals surface area contributed by atoms with Crippen LogP contribution >= 0.6 is 0 Å². The Morgan fingerprint density at radius 1 is 1.29 bits per heavy atom. The summed E-state index contributed by atoms with van der Waals surface area (Å²) in [4.78, 5) is 13.5. The zero-order valence-corrected chi connectivity index (χ0v) is 9.43. The maximum atomic E-state index is 12.8. The number of nitrogens with two attached hydrogens (primary N) is 1. The minimum atomic E-state index is -0.500. The topological polar surface area (TPSA) is 55.6 Å². The van der Waals surface area contributed by atoms with Crippen molar-refractivity contribution in [1.82, 2.24) is 4.90 Å². The highest BCUT2D eigenvalue weighted by Gasteiger charge is 2.26. The number of morpholine rings is 1. The third-order valence-corrected chi connectivity index (χ3v) is 2.87. The van der Waals surface area contributed by atoms with Gasteiger partial charge in [0.25, 0.3) is 0 Å². The van der Waals surface area contributed by atoms with Crippen LogP contribution in [0.4, 0.5) is 4.39 Å². The van der Waals surface area contributed by atoms with Crippen LogP contribution in [0.25, 0.3) is 0 Å². The molecule has 2 rings (SSSR count). The summed E-state index contributed by atoms with van der Waals surface area (Å²) in [6.07, 6.45) is 0. The highest BCUT2D eigenvalue weighted by atomic mass is 19.1. The van der Waals surface area contributed by atoms with Crippen molar-refractivity contribution in [1.29, 1.82) is 0 Å². The Kier molecular flexibility index (Phi) is 3.71.